The molecule has 1 aliphatic rings. The van der Waals surface area contributed by atoms with Crippen LogP contribution in [0, 0.1) is 6.92 Å². The van der Waals surface area contributed by atoms with E-state index >= 15 is 0 Å². The minimum absolute atomic E-state index is 0.154. The molecule has 1 aromatic rings. The van der Waals surface area contributed by atoms with Gasteiger partial charge in [0, 0.05) is 24.5 Å². The summed E-state index contributed by atoms with van der Waals surface area (Å²) >= 11 is 1.58. The van der Waals surface area contributed by atoms with Crippen LogP contribution in [0.4, 0.5) is 0 Å². The van der Waals surface area contributed by atoms with E-state index in [1.54, 1.807) is 11.3 Å². The van der Waals surface area contributed by atoms with Crippen molar-refractivity contribution in [2.75, 3.05) is 13.1 Å². The second-order valence-electron chi connectivity index (χ2n) is 4.00. The van der Waals surface area contributed by atoms with Gasteiger partial charge in [-0.3, -0.25) is 4.79 Å². The fraction of sp³-hybridized carbons (Fsp3) is 0.545. The van der Waals surface area contributed by atoms with Crippen LogP contribution in [0.1, 0.15) is 28.8 Å². The van der Waals surface area contributed by atoms with E-state index in [-0.39, 0.29) is 11.9 Å². The topological polar surface area (TPSA) is 46.3 Å². The molecule has 3 nitrogen and oxygen atoms in total. The Bertz CT molecular complexity index is 361. The van der Waals surface area contributed by atoms with Gasteiger partial charge in [-0.1, -0.05) is 0 Å². The van der Waals surface area contributed by atoms with Crippen molar-refractivity contribution in [2.45, 2.75) is 25.8 Å². The third-order valence-corrected chi connectivity index (χ3v) is 3.86. The van der Waals surface area contributed by atoms with Crippen molar-refractivity contribution in [1.29, 1.82) is 0 Å². The summed E-state index contributed by atoms with van der Waals surface area (Å²) in [5, 5.41) is 3.95. The van der Waals surface area contributed by atoms with E-state index in [4.69, 9.17) is 5.73 Å². The Morgan fingerprint density at radius 1 is 1.67 bits per heavy atom. The Morgan fingerprint density at radius 2 is 2.47 bits per heavy atom. The predicted octanol–water partition coefficient (Wildman–Crippen LogP) is 1.62. The van der Waals surface area contributed by atoms with Crippen LogP contribution in [0.25, 0.3) is 0 Å². The molecule has 0 saturated carbocycles. The van der Waals surface area contributed by atoms with Crippen molar-refractivity contribution < 1.29 is 4.79 Å². The fourth-order valence-electron chi connectivity index (χ4n) is 2.08. The Balaban J connectivity index is 2.18. The SMILES string of the molecule is Cc1cscc1C(=O)N1CCCC1CN. The summed E-state index contributed by atoms with van der Waals surface area (Å²) in [6, 6.07) is 0.247. The number of nitrogens with two attached hydrogens (primary N) is 1. The number of amides is 1. The Kier molecular flexibility index (Phi) is 3.07. The average molecular weight is 224 g/mol. The first-order chi connectivity index (χ1) is 7.24. The highest BCUT2D eigenvalue weighted by molar-refractivity contribution is 7.08. The highest BCUT2D eigenvalue weighted by Crippen LogP contribution is 2.22. The maximum absolute atomic E-state index is 12.2. The first-order valence-corrected chi connectivity index (χ1v) is 6.22. The third-order valence-electron chi connectivity index (χ3n) is 3.00. The summed E-state index contributed by atoms with van der Waals surface area (Å²) in [5.74, 6) is 0.154. The first kappa shape index (κ1) is 10.6. The van der Waals surface area contributed by atoms with E-state index in [1.165, 1.54) is 0 Å². The molecule has 15 heavy (non-hydrogen) atoms. The number of carbonyl (C=O) groups excluding carboxylic acids is 1. The van der Waals surface area contributed by atoms with Crippen molar-refractivity contribution in [3.8, 4) is 0 Å². The number of rotatable bonds is 2. The lowest BCUT2D eigenvalue weighted by atomic mass is 10.1. The van der Waals surface area contributed by atoms with E-state index in [1.807, 2.05) is 22.6 Å². The minimum atomic E-state index is 0.154. The average Bonchev–Trinajstić information content (AvgIpc) is 2.84. The molecule has 2 heterocycles. The molecule has 1 fully saturated rings. The van der Waals surface area contributed by atoms with Gasteiger partial charge in [0.25, 0.3) is 5.91 Å². The Hall–Kier alpha value is -0.870. The summed E-state index contributed by atoms with van der Waals surface area (Å²) in [6.07, 6.45) is 2.13. The van der Waals surface area contributed by atoms with Crippen LogP contribution in [0.5, 0.6) is 0 Å². The van der Waals surface area contributed by atoms with Crippen LogP contribution in [0.2, 0.25) is 0 Å². The van der Waals surface area contributed by atoms with Gasteiger partial charge >= 0.3 is 0 Å². The number of aryl methyl sites for hydroxylation is 1. The summed E-state index contributed by atoms with van der Waals surface area (Å²) in [6.45, 7) is 3.42. The highest BCUT2D eigenvalue weighted by Gasteiger charge is 2.29. The molecule has 1 saturated heterocycles. The summed E-state index contributed by atoms with van der Waals surface area (Å²) in [4.78, 5) is 14.1. The molecule has 0 spiro atoms. The van der Waals surface area contributed by atoms with E-state index in [9.17, 15) is 4.79 Å². The zero-order valence-electron chi connectivity index (χ0n) is 8.90. The number of carbonyl (C=O) groups is 1. The molecule has 4 heteroatoms. The molecule has 0 radical (unpaired) electrons. The maximum atomic E-state index is 12.2. The van der Waals surface area contributed by atoms with Crippen molar-refractivity contribution in [3.63, 3.8) is 0 Å². The van der Waals surface area contributed by atoms with Gasteiger partial charge in [0.05, 0.1) is 5.56 Å². The standard InChI is InChI=1S/C11H16N2OS/c1-8-6-15-7-10(8)11(14)13-4-2-3-9(13)5-12/h6-7,9H,2-5,12H2,1H3. The Labute approximate surface area is 93.9 Å². The molecule has 1 amide bonds. The minimum Gasteiger partial charge on any atom is -0.334 e. The fourth-order valence-corrected chi connectivity index (χ4v) is 2.90. The van der Waals surface area contributed by atoms with Crippen molar-refractivity contribution in [2.24, 2.45) is 5.73 Å². The van der Waals surface area contributed by atoms with E-state index in [2.05, 4.69) is 0 Å². The summed E-state index contributed by atoms with van der Waals surface area (Å²) in [5.41, 5.74) is 7.59. The number of hydrogen-bond acceptors (Lipinski definition) is 3. The van der Waals surface area contributed by atoms with Gasteiger partial charge in [-0.05, 0) is 30.7 Å². The Morgan fingerprint density at radius 3 is 3.07 bits per heavy atom. The van der Waals surface area contributed by atoms with Gasteiger partial charge in [0.2, 0.25) is 0 Å². The molecule has 0 bridgehead atoms. The molecule has 0 aromatic carbocycles. The molecule has 82 valence electrons. The predicted molar refractivity (Wildman–Crippen MR) is 62.2 cm³/mol. The van der Waals surface area contributed by atoms with Gasteiger partial charge in [-0.15, -0.1) is 0 Å². The van der Waals surface area contributed by atoms with Crippen LogP contribution in [0.15, 0.2) is 10.8 Å². The molecule has 0 aliphatic carbocycles. The number of likely N-dealkylation sites (tertiary alicyclic amines) is 1. The maximum Gasteiger partial charge on any atom is 0.255 e. The quantitative estimate of drug-likeness (QED) is 0.829. The zero-order chi connectivity index (χ0) is 10.8. The van der Waals surface area contributed by atoms with E-state index < -0.39 is 0 Å². The molecule has 2 rings (SSSR count). The van der Waals surface area contributed by atoms with Gasteiger partial charge < -0.3 is 10.6 Å². The third kappa shape index (κ3) is 1.92. The first-order valence-electron chi connectivity index (χ1n) is 5.28. The van der Waals surface area contributed by atoms with Crippen molar-refractivity contribution in [1.82, 2.24) is 4.90 Å². The number of nitrogens with zero attached hydrogens (tertiary/aromatic N) is 1. The molecular weight excluding hydrogens is 208 g/mol. The van der Waals surface area contributed by atoms with Crippen molar-refractivity contribution in [3.05, 3.63) is 21.9 Å². The smallest absolute Gasteiger partial charge is 0.255 e. The van der Waals surface area contributed by atoms with E-state index in [0.717, 1.165) is 30.5 Å². The molecule has 1 unspecified atom stereocenters. The summed E-state index contributed by atoms with van der Waals surface area (Å²) in [7, 11) is 0. The molecule has 1 atom stereocenters. The zero-order valence-corrected chi connectivity index (χ0v) is 9.72. The van der Waals surface area contributed by atoms with Crippen molar-refractivity contribution >= 4 is 17.2 Å². The lowest BCUT2D eigenvalue weighted by molar-refractivity contribution is 0.0741. The largest absolute Gasteiger partial charge is 0.334 e. The van der Waals surface area contributed by atoms with Crippen LogP contribution in [0.3, 0.4) is 0 Å². The van der Waals surface area contributed by atoms with E-state index in [0.29, 0.717) is 6.54 Å². The monoisotopic (exact) mass is 224 g/mol. The normalized spacial score (nSPS) is 20.9. The number of thiophene rings is 1. The second-order valence-corrected chi connectivity index (χ2v) is 4.74. The highest BCUT2D eigenvalue weighted by atomic mass is 32.1. The molecule has 2 N–H and O–H groups in total. The van der Waals surface area contributed by atoms with Gasteiger partial charge in [0.1, 0.15) is 0 Å². The van der Waals surface area contributed by atoms with Gasteiger partial charge in [0.15, 0.2) is 0 Å². The lowest BCUT2D eigenvalue weighted by Crippen LogP contribution is -2.39. The van der Waals surface area contributed by atoms with Gasteiger partial charge in [-0.2, -0.15) is 11.3 Å². The molecule has 1 aliphatic heterocycles. The van der Waals surface area contributed by atoms with Crippen LogP contribution in [-0.4, -0.2) is 29.9 Å². The molecular formula is C11H16N2OS. The van der Waals surface area contributed by atoms with Crippen LogP contribution >= 0.6 is 11.3 Å². The summed E-state index contributed by atoms with van der Waals surface area (Å²) < 4.78 is 0. The van der Waals surface area contributed by atoms with Crippen LogP contribution in [-0.2, 0) is 0 Å². The molecule has 1 aromatic heterocycles. The second kappa shape index (κ2) is 4.33. The van der Waals surface area contributed by atoms with Gasteiger partial charge in [-0.25, -0.2) is 0 Å². The lowest BCUT2D eigenvalue weighted by Gasteiger charge is -2.23. The number of hydrogen-bond donors (Lipinski definition) is 1. The van der Waals surface area contributed by atoms with Crippen LogP contribution < -0.4 is 5.73 Å².